The van der Waals surface area contributed by atoms with Crippen molar-refractivity contribution in [2.75, 3.05) is 25.0 Å². The van der Waals surface area contributed by atoms with Crippen LogP contribution in [-0.4, -0.2) is 44.3 Å². The highest BCUT2D eigenvalue weighted by molar-refractivity contribution is 7.89. The molecule has 1 N–H and O–H groups in total. The van der Waals surface area contributed by atoms with Crippen LogP contribution >= 0.6 is 11.6 Å². The number of hydrogen-bond donors (Lipinski definition) is 1. The van der Waals surface area contributed by atoms with Crippen molar-refractivity contribution >= 4 is 39.2 Å². The first-order chi connectivity index (χ1) is 13.8. The molecule has 3 rings (SSSR count). The Balaban J connectivity index is 1.57. The minimum Gasteiger partial charge on any atom is -0.452 e. The second-order valence-corrected chi connectivity index (χ2v) is 8.73. The Morgan fingerprint density at radius 2 is 1.76 bits per heavy atom. The molecule has 1 aliphatic rings. The van der Waals surface area contributed by atoms with Crippen molar-refractivity contribution < 1.29 is 27.1 Å². The molecule has 1 fully saturated rings. The van der Waals surface area contributed by atoms with Gasteiger partial charge in [-0.2, -0.15) is 4.31 Å². The number of sulfonamides is 1. The van der Waals surface area contributed by atoms with Gasteiger partial charge in [0.2, 0.25) is 10.0 Å². The van der Waals surface area contributed by atoms with E-state index in [-0.39, 0.29) is 21.2 Å². The first-order valence-electron chi connectivity index (χ1n) is 8.79. The van der Waals surface area contributed by atoms with Gasteiger partial charge in [-0.1, -0.05) is 11.6 Å². The quantitative estimate of drug-likeness (QED) is 0.697. The summed E-state index contributed by atoms with van der Waals surface area (Å²) in [5.41, 5.74) is 0.295. The third kappa shape index (κ3) is 5.11. The number of hydrogen-bond acceptors (Lipinski definition) is 5. The maximum absolute atomic E-state index is 13.0. The molecule has 29 heavy (non-hydrogen) atoms. The molecule has 1 saturated heterocycles. The molecule has 10 heteroatoms. The SMILES string of the molecule is O=C(COC(=O)c1ccc(S(=O)(=O)N2CCCC2)cc1)Nc1ccc(F)cc1Cl. The van der Waals surface area contributed by atoms with E-state index in [1.54, 1.807) is 0 Å². The number of carbonyl (C=O) groups is 2. The highest BCUT2D eigenvalue weighted by Crippen LogP contribution is 2.23. The lowest BCUT2D eigenvalue weighted by molar-refractivity contribution is -0.119. The normalized spacial score (nSPS) is 14.6. The van der Waals surface area contributed by atoms with Crippen LogP contribution in [0.4, 0.5) is 10.1 Å². The van der Waals surface area contributed by atoms with Crippen LogP contribution in [0, 0.1) is 5.82 Å². The molecule has 1 heterocycles. The molecule has 154 valence electrons. The summed E-state index contributed by atoms with van der Waals surface area (Å²) in [5, 5.41) is 2.42. The minimum absolute atomic E-state index is 0.0134. The molecule has 0 bridgehead atoms. The summed E-state index contributed by atoms with van der Waals surface area (Å²) in [7, 11) is -3.57. The molecular formula is C19H18ClFN2O5S. The van der Waals surface area contributed by atoms with E-state index in [1.807, 2.05) is 0 Å². The molecule has 0 aliphatic carbocycles. The molecule has 2 aromatic carbocycles. The molecule has 2 aromatic rings. The Labute approximate surface area is 172 Å². The van der Waals surface area contributed by atoms with Crippen LogP contribution < -0.4 is 5.32 Å². The average molecular weight is 441 g/mol. The number of ether oxygens (including phenoxy) is 1. The zero-order chi connectivity index (χ0) is 21.0. The molecule has 0 saturated carbocycles. The Hall–Kier alpha value is -2.49. The second-order valence-electron chi connectivity index (χ2n) is 6.38. The Morgan fingerprint density at radius 3 is 2.38 bits per heavy atom. The topological polar surface area (TPSA) is 92.8 Å². The third-order valence-corrected chi connectivity index (χ3v) is 6.56. The van der Waals surface area contributed by atoms with Crippen LogP contribution in [0.1, 0.15) is 23.2 Å². The van der Waals surface area contributed by atoms with Gasteiger partial charge in [-0.25, -0.2) is 17.6 Å². The van der Waals surface area contributed by atoms with Crippen LogP contribution in [0.25, 0.3) is 0 Å². The molecule has 0 unspecified atom stereocenters. The van der Waals surface area contributed by atoms with Crippen LogP contribution in [-0.2, 0) is 19.6 Å². The molecule has 0 spiro atoms. The van der Waals surface area contributed by atoms with Crippen molar-refractivity contribution in [2.45, 2.75) is 17.7 Å². The fourth-order valence-electron chi connectivity index (χ4n) is 2.83. The molecule has 1 aliphatic heterocycles. The van der Waals surface area contributed by atoms with E-state index in [4.69, 9.17) is 16.3 Å². The summed E-state index contributed by atoms with van der Waals surface area (Å²) in [6, 6.07) is 8.80. The lowest BCUT2D eigenvalue weighted by Crippen LogP contribution is -2.27. The maximum Gasteiger partial charge on any atom is 0.338 e. The van der Waals surface area contributed by atoms with Gasteiger partial charge in [-0.3, -0.25) is 4.79 Å². The molecule has 1 amide bonds. The van der Waals surface area contributed by atoms with E-state index in [1.165, 1.54) is 34.6 Å². The summed E-state index contributed by atoms with van der Waals surface area (Å²) in [6.45, 7) is 0.388. The van der Waals surface area contributed by atoms with E-state index < -0.39 is 34.3 Å². The highest BCUT2D eigenvalue weighted by Gasteiger charge is 2.27. The number of nitrogens with zero attached hydrogens (tertiary/aromatic N) is 1. The van der Waals surface area contributed by atoms with Gasteiger partial charge in [-0.05, 0) is 55.3 Å². The van der Waals surface area contributed by atoms with Gasteiger partial charge in [0.25, 0.3) is 5.91 Å². The van der Waals surface area contributed by atoms with Crippen LogP contribution in [0.15, 0.2) is 47.4 Å². The van der Waals surface area contributed by atoms with Gasteiger partial charge < -0.3 is 10.1 Å². The Bertz CT molecular complexity index is 1020. The van der Waals surface area contributed by atoms with Crippen LogP contribution in [0.2, 0.25) is 5.02 Å². The lowest BCUT2D eigenvalue weighted by atomic mass is 10.2. The van der Waals surface area contributed by atoms with Gasteiger partial charge in [0.15, 0.2) is 6.61 Å². The predicted octanol–water partition coefficient (Wildman–Crippen LogP) is 3.06. The predicted molar refractivity (Wildman–Crippen MR) is 105 cm³/mol. The zero-order valence-electron chi connectivity index (χ0n) is 15.2. The number of halogens is 2. The first-order valence-corrected chi connectivity index (χ1v) is 10.6. The highest BCUT2D eigenvalue weighted by atomic mass is 35.5. The number of esters is 1. The Morgan fingerprint density at radius 1 is 1.10 bits per heavy atom. The molecule has 0 radical (unpaired) electrons. The third-order valence-electron chi connectivity index (χ3n) is 4.33. The number of rotatable bonds is 6. The van der Waals surface area contributed by atoms with Crippen molar-refractivity contribution in [1.29, 1.82) is 0 Å². The first kappa shape index (κ1) is 21.2. The van der Waals surface area contributed by atoms with E-state index in [2.05, 4.69) is 5.32 Å². The van der Waals surface area contributed by atoms with Crippen molar-refractivity contribution in [3.8, 4) is 0 Å². The van der Waals surface area contributed by atoms with E-state index in [0.29, 0.717) is 13.1 Å². The van der Waals surface area contributed by atoms with Gasteiger partial charge in [0, 0.05) is 13.1 Å². The van der Waals surface area contributed by atoms with E-state index >= 15 is 0 Å². The number of nitrogens with one attached hydrogen (secondary N) is 1. The number of amides is 1. The van der Waals surface area contributed by atoms with Crippen molar-refractivity contribution in [3.05, 3.63) is 58.9 Å². The van der Waals surface area contributed by atoms with E-state index in [0.717, 1.165) is 25.0 Å². The number of anilines is 1. The standard InChI is InChI=1S/C19H18ClFN2O5S/c20-16-11-14(21)5-8-17(16)22-18(24)12-28-19(25)13-3-6-15(7-4-13)29(26,27)23-9-1-2-10-23/h3-8,11H,1-2,9-10,12H2,(H,22,24). The molecular weight excluding hydrogens is 423 g/mol. The lowest BCUT2D eigenvalue weighted by Gasteiger charge is -2.15. The summed E-state index contributed by atoms with van der Waals surface area (Å²) in [4.78, 5) is 24.1. The van der Waals surface area contributed by atoms with Gasteiger partial charge in [-0.15, -0.1) is 0 Å². The van der Waals surface area contributed by atoms with Gasteiger partial charge >= 0.3 is 5.97 Å². The minimum atomic E-state index is -3.57. The zero-order valence-corrected chi connectivity index (χ0v) is 16.8. The van der Waals surface area contributed by atoms with Gasteiger partial charge in [0.05, 0.1) is 21.2 Å². The molecule has 7 nitrogen and oxygen atoms in total. The summed E-state index contributed by atoms with van der Waals surface area (Å²) in [5.74, 6) is -1.98. The molecule has 0 aromatic heterocycles. The largest absolute Gasteiger partial charge is 0.452 e. The fourth-order valence-corrected chi connectivity index (χ4v) is 4.56. The maximum atomic E-state index is 13.0. The molecule has 0 atom stereocenters. The van der Waals surface area contributed by atoms with Gasteiger partial charge in [0.1, 0.15) is 5.82 Å². The Kier molecular flexibility index (Phi) is 6.51. The fraction of sp³-hybridized carbons (Fsp3) is 0.263. The van der Waals surface area contributed by atoms with Crippen molar-refractivity contribution in [3.63, 3.8) is 0 Å². The van der Waals surface area contributed by atoms with Crippen molar-refractivity contribution in [2.24, 2.45) is 0 Å². The monoisotopic (exact) mass is 440 g/mol. The summed E-state index contributed by atoms with van der Waals surface area (Å²) in [6.07, 6.45) is 1.66. The summed E-state index contributed by atoms with van der Waals surface area (Å²) < 4.78 is 44.3. The smallest absolute Gasteiger partial charge is 0.338 e. The van der Waals surface area contributed by atoms with E-state index in [9.17, 15) is 22.4 Å². The van der Waals surface area contributed by atoms with Crippen LogP contribution in [0.5, 0.6) is 0 Å². The average Bonchev–Trinajstić information content (AvgIpc) is 3.24. The number of benzene rings is 2. The summed E-state index contributed by atoms with van der Waals surface area (Å²) >= 11 is 5.82. The van der Waals surface area contributed by atoms with Crippen molar-refractivity contribution in [1.82, 2.24) is 4.31 Å². The number of carbonyl (C=O) groups excluding carboxylic acids is 2. The van der Waals surface area contributed by atoms with Crippen LogP contribution in [0.3, 0.4) is 0 Å². The second kappa shape index (κ2) is 8.89.